The molecule has 0 saturated heterocycles. The zero-order valence-electron chi connectivity index (χ0n) is 10.0. The summed E-state index contributed by atoms with van der Waals surface area (Å²) < 4.78 is 0. The maximum absolute atomic E-state index is 9.81. The van der Waals surface area contributed by atoms with Gasteiger partial charge < -0.3 is 10.2 Å². The largest absolute Gasteiger partial charge is 0.390 e. The average molecular weight is 220 g/mol. The first-order valence-corrected chi connectivity index (χ1v) is 5.93. The van der Waals surface area contributed by atoms with E-state index in [4.69, 9.17) is 0 Å². The zero-order chi connectivity index (χ0) is 11.8. The molecule has 0 aromatic heterocycles. The van der Waals surface area contributed by atoms with Crippen molar-refractivity contribution in [2.24, 2.45) is 0 Å². The zero-order valence-corrected chi connectivity index (χ0v) is 10.0. The minimum Gasteiger partial charge on any atom is -0.390 e. The summed E-state index contributed by atoms with van der Waals surface area (Å²) in [5.41, 5.74) is 1.03. The van der Waals surface area contributed by atoms with E-state index in [1.54, 1.807) is 13.8 Å². The Hall–Kier alpha value is -0.860. The number of aliphatic hydroxyl groups is 2. The van der Waals surface area contributed by atoms with Crippen LogP contribution in [0.2, 0.25) is 0 Å². The highest BCUT2D eigenvalue weighted by atomic mass is 16.3. The van der Waals surface area contributed by atoms with E-state index in [0.29, 0.717) is 0 Å². The fourth-order valence-electron chi connectivity index (χ4n) is 1.85. The van der Waals surface area contributed by atoms with Crippen molar-refractivity contribution in [1.29, 1.82) is 0 Å². The van der Waals surface area contributed by atoms with Gasteiger partial charge in [0.25, 0.3) is 0 Å². The third-order valence-electron chi connectivity index (χ3n) is 3.37. The summed E-state index contributed by atoms with van der Waals surface area (Å²) in [5, 5.41) is 19.5. The van der Waals surface area contributed by atoms with Crippen LogP contribution in [0.25, 0.3) is 0 Å². The Kier molecular flexibility index (Phi) is 2.81. The highest BCUT2D eigenvalue weighted by molar-refractivity contribution is 5.26. The van der Waals surface area contributed by atoms with Crippen molar-refractivity contribution >= 4 is 0 Å². The number of hydrogen-bond donors (Lipinski definition) is 2. The quantitative estimate of drug-likeness (QED) is 0.818. The minimum absolute atomic E-state index is 0.366. The van der Waals surface area contributed by atoms with Crippen molar-refractivity contribution < 1.29 is 10.2 Å². The molecule has 0 radical (unpaired) electrons. The van der Waals surface area contributed by atoms with E-state index in [2.05, 4.69) is 0 Å². The standard InChI is InChI=1S/C14H20O2/c1-13(2,15)12-5-3-11(4-6-12)7-8-14(16)9-10-14/h3-6,15-16H,7-10H2,1-2H3. The van der Waals surface area contributed by atoms with Crippen LogP contribution in [0.4, 0.5) is 0 Å². The van der Waals surface area contributed by atoms with E-state index in [9.17, 15) is 10.2 Å². The van der Waals surface area contributed by atoms with Gasteiger partial charge in [-0.15, -0.1) is 0 Å². The lowest BCUT2D eigenvalue weighted by atomic mass is 9.96. The SMILES string of the molecule is CC(C)(O)c1ccc(CCC2(O)CC2)cc1. The first-order valence-electron chi connectivity index (χ1n) is 5.93. The van der Waals surface area contributed by atoms with Crippen LogP contribution in [0, 0.1) is 0 Å². The third kappa shape index (κ3) is 2.83. The summed E-state index contributed by atoms with van der Waals surface area (Å²) in [7, 11) is 0. The maximum atomic E-state index is 9.81. The van der Waals surface area contributed by atoms with Gasteiger partial charge in [0, 0.05) is 0 Å². The lowest BCUT2D eigenvalue weighted by molar-refractivity contribution is 0.0785. The summed E-state index contributed by atoms with van der Waals surface area (Å²) >= 11 is 0. The predicted molar refractivity (Wildman–Crippen MR) is 64.2 cm³/mol. The number of benzene rings is 1. The lowest BCUT2D eigenvalue weighted by Gasteiger charge is -2.18. The van der Waals surface area contributed by atoms with Gasteiger partial charge in [-0.1, -0.05) is 24.3 Å². The van der Waals surface area contributed by atoms with E-state index >= 15 is 0 Å². The third-order valence-corrected chi connectivity index (χ3v) is 3.37. The maximum Gasteiger partial charge on any atom is 0.0840 e. The Labute approximate surface area is 96.9 Å². The molecule has 16 heavy (non-hydrogen) atoms. The monoisotopic (exact) mass is 220 g/mol. The van der Waals surface area contributed by atoms with E-state index < -0.39 is 5.60 Å². The molecule has 0 heterocycles. The highest BCUT2D eigenvalue weighted by Gasteiger charge is 2.39. The second kappa shape index (κ2) is 3.86. The summed E-state index contributed by atoms with van der Waals surface area (Å²) in [5.74, 6) is 0. The molecule has 2 N–H and O–H groups in total. The lowest BCUT2D eigenvalue weighted by Crippen LogP contribution is -2.15. The van der Waals surface area contributed by atoms with Crippen LogP contribution in [0.1, 0.15) is 44.2 Å². The molecule has 88 valence electrons. The van der Waals surface area contributed by atoms with Gasteiger partial charge in [-0.3, -0.25) is 0 Å². The molecule has 0 atom stereocenters. The summed E-state index contributed by atoms with van der Waals surface area (Å²) in [6.07, 6.45) is 3.68. The smallest absolute Gasteiger partial charge is 0.0840 e. The highest BCUT2D eigenvalue weighted by Crippen LogP contribution is 2.39. The predicted octanol–water partition coefficient (Wildman–Crippen LogP) is 2.37. The molecule has 1 aliphatic rings. The first-order chi connectivity index (χ1) is 7.39. The molecule has 0 spiro atoms. The van der Waals surface area contributed by atoms with Crippen molar-refractivity contribution in [1.82, 2.24) is 0 Å². The van der Waals surface area contributed by atoms with Crippen molar-refractivity contribution in [3.8, 4) is 0 Å². The fraction of sp³-hybridized carbons (Fsp3) is 0.571. The van der Waals surface area contributed by atoms with E-state index in [1.165, 1.54) is 5.56 Å². The molecule has 2 rings (SSSR count). The van der Waals surface area contributed by atoms with Crippen molar-refractivity contribution in [2.45, 2.75) is 50.7 Å². The summed E-state index contributed by atoms with van der Waals surface area (Å²) in [6, 6.07) is 8.01. The van der Waals surface area contributed by atoms with Crippen LogP contribution < -0.4 is 0 Å². The number of hydrogen-bond acceptors (Lipinski definition) is 2. The topological polar surface area (TPSA) is 40.5 Å². The van der Waals surface area contributed by atoms with E-state index in [1.807, 2.05) is 24.3 Å². The van der Waals surface area contributed by atoms with Crippen molar-refractivity contribution in [2.75, 3.05) is 0 Å². The molecule has 1 saturated carbocycles. The Morgan fingerprint density at radius 3 is 2.19 bits per heavy atom. The van der Waals surface area contributed by atoms with Gasteiger partial charge in [0.1, 0.15) is 0 Å². The molecular weight excluding hydrogens is 200 g/mol. The normalized spacial score (nSPS) is 18.5. The second-order valence-electron chi connectivity index (χ2n) is 5.48. The average Bonchev–Trinajstić information content (AvgIpc) is 2.94. The number of rotatable bonds is 4. The van der Waals surface area contributed by atoms with Gasteiger partial charge in [0.15, 0.2) is 0 Å². The second-order valence-corrected chi connectivity index (χ2v) is 5.48. The Morgan fingerprint density at radius 1 is 1.19 bits per heavy atom. The minimum atomic E-state index is -0.771. The molecule has 0 aliphatic heterocycles. The van der Waals surface area contributed by atoms with E-state index in [-0.39, 0.29) is 5.60 Å². The van der Waals surface area contributed by atoms with Gasteiger partial charge in [0.05, 0.1) is 11.2 Å². The molecular formula is C14H20O2. The molecule has 2 heteroatoms. The van der Waals surface area contributed by atoms with Gasteiger partial charge in [0.2, 0.25) is 0 Å². The molecule has 0 bridgehead atoms. The van der Waals surface area contributed by atoms with Crippen LogP contribution in [-0.2, 0) is 12.0 Å². The Bertz CT molecular complexity index is 355. The molecule has 1 aromatic rings. The summed E-state index contributed by atoms with van der Waals surface area (Å²) in [6.45, 7) is 3.57. The molecule has 0 amide bonds. The van der Waals surface area contributed by atoms with Gasteiger partial charge in [-0.25, -0.2) is 0 Å². The van der Waals surface area contributed by atoms with Gasteiger partial charge >= 0.3 is 0 Å². The Balaban J connectivity index is 1.96. The van der Waals surface area contributed by atoms with Crippen LogP contribution in [-0.4, -0.2) is 15.8 Å². The summed E-state index contributed by atoms with van der Waals surface area (Å²) in [4.78, 5) is 0. The molecule has 1 aliphatic carbocycles. The van der Waals surface area contributed by atoms with Crippen LogP contribution >= 0.6 is 0 Å². The molecule has 2 nitrogen and oxygen atoms in total. The molecule has 1 aromatic carbocycles. The molecule has 1 fully saturated rings. The van der Waals surface area contributed by atoms with E-state index in [0.717, 1.165) is 31.2 Å². The number of aryl methyl sites for hydroxylation is 1. The fourth-order valence-corrected chi connectivity index (χ4v) is 1.85. The van der Waals surface area contributed by atoms with Crippen LogP contribution in [0.5, 0.6) is 0 Å². The first kappa shape index (κ1) is 11.6. The van der Waals surface area contributed by atoms with Crippen molar-refractivity contribution in [3.63, 3.8) is 0 Å². The molecule has 0 unspecified atom stereocenters. The van der Waals surface area contributed by atoms with Gasteiger partial charge in [-0.2, -0.15) is 0 Å². The van der Waals surface area contributed by atoms with Crippen molar-refractivity contribution in [3.05, 3.63) is 35.4 Å². The van der Waals surface area contributed by atoms with Crippen LogP contribution in [0.15, 0.2) is 24.3 Å². The Morgan fingerprint density at radius 2 is 1.75 bits per heavy atom. The van der Waals surface area contributed by atoms with Crippen LogP contribution in [0.3, 0.4) is 0 Å². The van der Waals surface area contributed by atoms with Gasteiger partial charge in [-0.05, 0) is 50.7 Å².